The number of nitrogens with zero attached hydrogens (tertiary/aromatic N) is 3. The van der Waals surface area contributed by atoms with Crippen LogP contribution < -0.4 is 0 Å². The van der Waals surface area contributed by atoms with Crippen LogP contribution in [0.3, 0.4) is 0 Å². The van der Waals surface area contributed by atoms with E-state index in [9.17, 15) is 0 Å². The van der Waals surface area contributed by atoms with Gasteiger partial charge in [-0.3, -0.25) is 0 Å². The van der Waals surface area contributed by atoms with Crippen LogP contribution in [-0.2, 0) is 6.42 Å². The summed E-state index contributed by atoms with van der Waals surface area (Å²) in [5.74, 6) is 1.00. The first-order chi connectivity index (χ1) is 41.0. The molecule has 14 rings (SSSR count). The van der Waals surface area contributed by atoms with Crippen LogP contribution in [-0.4, -0.2) is 14.8 Å². The highest BCUT2D eigenvalue weighted by molar-refractivity contribution is 6.12. The van der Waals surface area contributed by atoms with Crippen molar-refractivity contribution in [2.75, 3.05) is 0 Å². The molecule has 83 heavy (non-hydrogen) atoms. The fourth-order valence-corrected chi connectivity index (χ4v) is 11.0. The molecule has 0 saturated carbocycles. The van der Waals surface area contributed by atoms with Gasteiger partial charge in [-0.15, -0.1) is 16.8 Å². The number of fused-ring (bicyclic) bond motifs is 5. The predicted octanol–water partition coefficient (Wildman–Crippen LogP) is 21.7. The van der Waals surface area contributed by atoms with Crippen molar-refractivity contribution in [3.8, 4) is 84.2 Å². The summed E-state index contributed by atoms with van der Waals surface area (Å²) >= 11 is 0. The van der Waals surface area contributed by atoms with E-state index in [1.807, 2.05) is 60.7 Å². The van der Waals surface area contributed by atoms with Gasteiger partial charge in [0.25, 0.3) is 0 Å². The minimum Gasteiger partial charge on any atom is -0.416 e. The lowest BCUT2D eigenvalue weighted by atomic mass is 9.89. The number of rotatable bonds is 12. The summed E-state index contributed by atoms with van der Waals surface area (Å²) in [6.07, 6.45) is 9.78. The van der Waals surface area contributed by atoms with Gasteiger partial charge >= 0.3 is 0 Å². The van der Waals surface area contributed by atoms with Gasteiger partial charge in [0.2, 0.25) is 11.8 Å². The summed E-state index contributed by atoms with van der Waals surface area (Å²) < 4.78 is 8.50. The number of hydrogen-bond acceptors (Lipinski definition) is 3. The lowest BCUT2D eigenvalue weighted by Gasteiger charge is -2.16. The highest BCUT2D eigenvalue weighted by atomic mass is 16.4. The molecule has 0 aliphatic rings. The molecule has 398 valence electrons. The summed E-state index contributed by atoms with van der Waals surface area (Å²) in [5, 5.41) is 16.1. The first-order valence-electron chi connectivity index (χ1n) is 28.3. The van der Waals surface area contributed by atoms with Crippen molar-refractivity contribution in [1.82, 2.24) is 14.8 Å². The van der Waals surface area contributed by atoms with E-state index in [1.54, 1.807) is 6.08 Å². The summed E-state index contributed by atoms with van der Waals surface area (Å²) in [6, 6.07) is 99.6. The maximum atomic E-state index is 6.08. The average Bonchev–Trinajstić information content (AvgIpc) is 2.89. The van der Waals surface area contributed by atoms with Gasteiger partial charge < -0.3 is 8.98 Å². The maximum absolute atomic E-state index is 6.08. The molecule has 14 aromatic rings. The summed E-state index contributed by atoms with van der Waals surface area (Å²) in [6.45, 7) is 9.26. The lowest BCUT2D eigenvalue weighted by molar-refractivity contribution is 0.584. The molecule has 0 bridgehead atoms. The van der Waals surface area contributed by atoms with Crippen LogP contribution in [0, 0.1) is 0 Å². The smallest absolute Gasteiger partial charge is 0.248 e. The fraction of sp³-hybridized carbons (Fsp3) is 0.0380. The van der Waals surface area contributed by atoms with Crippen LogP contribution in [0.4, 0.5) is 0 Å². The molecule has 0 radical (unpaired) electrons. The van der Waals surface area contributed by atoms with E-state index in [-0.39, 0.29) is 0 Å². The van der Waals surface area contributed by atoms with Crippen molar-refractivity contribution in [2.24, 2.45) is 0 Å². The van der Waals surface area contributed by atoms with Crippen molar-refractivity contribution in [3.05, 3.63) is 322 Å². The highest BCUT2D eigenvalue weighted by Gasteiger charge is 2.18. The van der Waals surface area contributed by atoms with Crippen molar-refractivity contribution in [1.29, 1.82) is 0 Å². The van der Waals surface area contributed by atoms with E-state index in [0.717, 1.165) is 51.9 Å². The molecule has 0 N–H and O–H groups in total. The molecule has 0 amide bonds. The second-order valence-corrected chi connectivity index (χ2v) is 20.5. The third-order valence-corrected chi connectivity index (χ3v) is 15.1. The summed E-state index contributed by atoms with van der Waals surface area (Å²) in [4.78, 5) is 0. The van der Waals surface area contributed by atoms with Crippen LogP contribution in [0.2, 0.25) is 0 Å². The highest BCUT2D eigenvalue weighted by Crippen LogP contribution is 2.41. The van der Waals surface area contributed by atoms with E-state index < -0.39 is 0 Å². The van der Waals surface area contributed by atoms with Crippen molar-refractivity contribution in [3.63, 3.8) is 0 Å². The number of benzene rings is 12. The molecule has 0 aliphatic heterocycles. The van der Waals surface area contributed by atoms with Gasteiger partial charge in [0.1, 0.15) is 0 Å². The van der Waals surface area contributed by atoms with E-state index >= 15 is 0 Å². The molecule has 0 aliphatic carbocycles. The monoisotopic (exact) mass is 1070 g/mol. The molecule has 2 aromatic heterocycles. The minimum atomic E-state index is 0.495. The molecule has 0 fully saturated rings. The Morgan fingerprint density at radius 1 is 0.373 bits per heavy atom. The number of hydrogen-bond donors (Lipinski definition) is 0. The van der Waals surface area contributed by atoms with Crippen molar-refractivity contribution >= 4 is 43.4 Å². The van der Waals surface area contributed by atoms with Crippen LogP contribution >= 0.6 is 0 Å². The molecule has 0 atom stereocenters. The predicted molar refractivity (Wildman–Crippen MR) is 352 cm³/mol. The SMILES string of the molecule is C=C/C=C\CC.C=CCc1ccccc1.c1ccc(-c2nnc(-c3ccc(-c4ccccc4-c4ccccc4-c4ccc(-n5c6ccc(-c7ccc8ccccc8c7)cc6c6cc(-c7ccc8ccccc8c7)ccc65)cc4)cc3)o2)cc1. The zero-order valence-electron chi connectivity index (χ0n) is 46.4. The van der Waals surface area contributed by atoms with Gasteiger partial charge in [-0.1, -0.05) is 244 Å². The minimum absolute atomic E-state index is 0.495. The Morgan fingerprint density at radius 2 is 0.771 bits per heavy atom. The van der Waals surface area contributed by atoms with Gasteiger partial charge in [-0.2, -0.15) is 0 Å². The molecular formula is C79H61N3O. The molecule has 0 spiro atoms. The molecule has 2 heterocycles. The maximum Gasteiger partial charge on any atom is 0.248 e. The Bertz CT molecular complexity index is 4450. The van der Waals surface area contributed by atoms with Gasteiger partial charge in [-0.05, 0) is 168 Å². The van der Waals surface area contributed by atoms with Crippen LogP contribution in [0.15, 0.2) is 321 Å². The topological polar surface area (TPSA) is 43.9 Å². The van der Waals surface area contributed by atoms with Crippen LogP contribution in [0.5, 0.6) is 0 Å². The van der Waals surface area contributed by atoms with E-state index in [2.05, 4.69) is 271 Å². The second-order valence-electron chi connectivity index (χ2n) is 20.5. The molecule has 12 aromatic carbocycles. The van der Waals surface area contributed by atoms with Crippen molar-refractivity contribution in [2.45, 2.75) is 19.8 Å². The van der Waals surface area contributed by atoms with E-state index in [4.69, 9.17) is 4.42 Å². The summed E-state index contributed by atoms with van der Waals surface area (Å²) in [5.41, 5.74) is 18.3. The molecule has 4 heteroatoms. The number of allylic oxidation sites excluding steroid dienone is 4. The average molecular weight is 1070 g/mol. The first-order valence-corrected chi connectivity index (χ1v) is 28.3. The van der Waals surface area contributed by atoms with Gasteiger partial charge in [0.05, 0.1) is 11.0 Å². The van der Waals surface area contributed by atoms with Crippen LogP contribution in [0.25, 0.3) is 128 Å². The second kappa shape index (κ2) is 24.8. The number of aromatic nitrogens is 3. The Balaban J connectivity index is 0.000000399. The Kier molecular flexibility index (Phi) is 15.8. The van der Waals surface area contributed by atoms with E-state index in [1.165, 1.54) is 82.3 Å². The fourth-order valence-electron chi connectivity index (χ4n) is 11.0. The molecular weight excluding hydrogens is 1010 g/mol. The molecule has 0 unspecified atom stereocenters. The third-order valence-electron chi connectivity index (χ3n) is 15.1. The molecule has 0 saturated heterocycles. The van der Waals surface area contributed by atoms with Crippen LogP contribution in [0.1, 0.15) is 18.9 Å². The quantitative estimate of drug-likeness (QED) is 0.0905. The Hall–Kier alpha value is -10.7. The van der Waals surface area contributed by atoms with E-state index in [0.29, 0.717) is 11.8 Å². The summed E-state index contributed by atoms with van der Waals surface area (Å²) in [7, 11) is 0. The largest absolute Gasteiger partial charge is 0.416 e. The first kappa shape index (κ1) is 53.0. The molecule has 4 nitrogen and oxygen atoms in total. The zero-order chi connectivity index (χ0) is 56.3. The standard InChI is InChI=1S/C64H41N3O.C9H10.C6H10/c1-2-14-46(15-3-1)63-65-66-64(68-63)47-26-24-44(25-27-47)55-18-8-10-20-57(55)58-21-11-9-19-56(58)45-30-34-54(35-31-45)67-61-36-32-52(50-28-22-42-12-4-6-16-48(42)38-50)40-59(61)60-41-53(33-37-62(60)67)51-29-23-43-13-5-7-17-49(43)39-51;1-2-6-9-7-4-3-5-8-9;1-3-5-6-4-2/h1-41H;2-5,7-8H,1,6H2;3,5-6H,1,4H2,2H3/b;;6-5-. The lowest BCUT2D eigenvalue weighted by Crippen LogP contribution is -1.94. The Labute approximate surface area is 486 Å². The zero-order valence-corrected chi connectivity index (χ0v) is 46.4. The van der Waals surface area contributed by atoms with Gasteiger partial charge in [-0.25, -0.2) is 0 Å². The van der Waals surface area contributed by atoms with Gasteiger partial charge in [0, 0.05) is 27.6 Å². The Morgan fingerprint density at radius 3 is 1.25 bits per heavy atom. The van der Waals surface area contributed by atoms with Gasteiger partial charge in [0.15, 0.2) is 0 Å². The normalized spacial score (nSPS) is 11.1. The van der Waals surface area contributed by atoms with Crippen molar-refractivity contribution < 1.29 is 4.42 Å². The third kappa shape index (κ3) is 11.5.